The monoisotopic (exact) mass is 380 g/mol. The largest absolute Gasteiger partial charge is 0.335 e. The van der Waals surface area contributed by atoms with Crippen LogP contribution in [0.5, 0.6) is 0 Å². The van der Waals surface area contributed by atoms with Crippen LogP contribution in [0.15, 0.2) is 36.4 Å². The fourth-order valence-electron chi connectivity index (χ4n) is 4.09. The maximum Gasteiger partial charge on any atom is 0.320 e. The summed E-state index contributed by atoms with van der Waals surface area (Å²) in [4.78, 5) is 24.9. The van der Waals surface area contributed by atoms with Gasteiger partial charge in [0, 0.05) is 23.7 Å². The van der Waals surface area contributed by atoms with Crippen molar-refractivity contribution in [2.24, 2.45) is 5.92 Å². The van der Waals surface area contributed by atoms with Gasteiger partial charge in [0.2, 0.25) is 5.91 Å². The Kier molecular flexibility index (Phi) is 4.27. The third kappa shape index (κ3) is 3.35. The molecule has 3 amide bonds. The number of carbonyl (C=O) groups is 2. The van der Waals surface area contributed by atoms with Gasteiger partial charge in [0.15, 0.2) is 6.29 Å². The number of fused-ring (bicyclic) bond motifs is 1. The molecule has 1 aliphatic heterocycles. The van der Waals surface area contributed by atoms with Gasteiger partial charge >= 0.3 is 6.03 Å². The normalized spacial score (nSPS) is 26.4. The van der Waals surface area contributed by atoms with Crippen LogP contribution in [0.4, 0.5) is 10.6 Å². The molecule has 1 saturated heterocycles. The van der Waals surface area contributed by atoms with Crippen molar-refractivity contribution in [2.75, 3.05) is 5.32 Å². The Morgan fingerprint density at radius 2 is 1.96 bits per heavy atom. The van der Waals surface area contributed by atoms with Crippen LogP contribution >= 0.6 is 0 Å². The lowest BCUT2D eigenvalue weighted by molar-refractivity contribution is -0.130. The molecule has 1 aromatic heterocycles. The second-order valence-corrected chi connectivity index (χ2v) is 7.82. The van der Waals surface area contributed by atoms with Gasteiger partial charge in [-0.15, -0.1) is 0 Å². The van der Waals surface area contributed by atoms with Gasteiger partial charge in [0.25, 0.3) is 0 Å². The van der Waals surface area contributed by atoms with Gasteiger partial charge in [-0.05, 0) is 25.7 Å². The molecular weight excluding hydrogens is 356 g/mol. The van der Waals surface area contributed by atoms with E-state index in [-0.39, 0.29) is 29.9 Å². The molecule has 5 rings (SSSR count). The van der Waals surface area contributed by atoms with Crippen molar-refractivity contribution in [2.45, 2.75) is 50.5 Å². The predicted octanol–water partition coefficient (Wildman–Crippen LogP) is 2.18. The summed E-state index contributed by atoms with van der Waals surface area (Å²) in [5, 5.41) is 17.0. The Hall–Kier alpha value is -2.87. The topological polar surface area (TPSA) is 100 Å². The van der Waals surface area contributed by atoms with E-state index in [0.717, 1.165) is 43.4 Å². The summed E-state index contributed by atoms with van der Waals surface area (Å²) in [6.45, 7) is 0. The summed E-state index contributed by atoms with van der Waals surface area (Å²) >= 11 is 0. The number of anilines is 1. The predicted molar refractivity (Wildman–Crippen MR) is 104 cm³/mol. The molecule has 3 atom stereocenters. The standard InChI is InChI=1S/C20H24N6O2/c27-18-14-7-4-8-15(14)22-19(24-18)26-17(23-20(28)21-13-9-10-13)11-16(25-26)12-5-2-1-3-6-12/h1-3,5-6,11,13-15,19,22H,4,7-10H2,(H,24,27)(H2,21,23,28). The lowest BCUT2D eigenvalue weighted by atomic mass is 10.0. The van der Waals surface area contributed by atoms with Crippen LogP contribution in [0.2, 0.25) is 0 Å². The van der Waals surface area contributed by atoms with Gasteiger partial charge in [-0.2, -0.15) is 5.10 Å². The number of rotatable bonds is 4. The van der Waals surface area contributed by atoms with Gasteiger partial charge < -0.3 is 10.6 Å². The highest BCUT2D eigenvalue weighted by atomic mass is 16.2. The van der Waals surface area contributed by atoms with E-state index in [9.17, 15) is 9.59 Å². The molecule has 8 nitrogen and oxygen atoms in total. The summed E-state index contributed by atoms with van der Waals surface area (Å²) in [5.74, 6) is 0.623. The molecule has 146 valence electrons. The second-order valence-electron chi connectivity index (χ2n) is 7.82. The first-order chi connectivity index (χ1) is 13.7. The molecule has 2 saturated carbocycles. The van der Waals surface area contributed by atoms with Crippen molar-refractivity contribution in [3.63, 3.8) is 0 Å². The van der Waals surface area contributed by atoms with E-state index < -0.39 is 6.29 Å². The number of amides is 3. The number of urea groups is 1. The average molecular weight is 380 g/mol. The maximum atomic E-state index is 12.5. The fraction of sp³-hybridized carbons (Fsp3) is 0.450. The number of carbonyl (C=O) groups excluding carboxylic acids is 2. The number of hydrogen-bond acceptors (Lipinski definition) is 4. The third-order valence-electron chi connectivity index (χ3n) is 5.71. The Balaban J connectivity index is 1.45. The summed E-state index contributed by atoms with van der Waals surface area (Å²) in [6.07, 6.45) is 4.49. The second kappa shape index (κ2) is 6.94. The SMILES string of the molecule is O=C(Nc1cc(-c2ccccc2)nn1C1NC(=O)C2CCCC2N1)NC1CC1. The molecule has 2 heterocycles. The first-order valence-corrected chi connectivity index (χ1v) is 9.96. The third-order valence-corrected chi connectivity index (χ3v) is 5.71. The van der Waals surface area contributed by atoms with Crippen molar-refractivity contribution in [1.29, 1.82) is 0 Å². The van der Waals surface area contributed by atoms with Gasteiger partial charge in [0.05, 0.1) is 11.6 Å². The first kappa shape index (κ1) is 17.2. The van der Waals surface area contributed by atoms with Gasteiger partial charge in [0.1, 0.15) is 5.82 Å². The Morgan fingerprint density at radius 3 is 2.75 bits per heavy atom. The lowest BCUT2D eigenvalue weighted by Gasteiger charge is -2.34. The fourth-order valence-corrected chi connectivity index (χ4v) is 4.09. The van der Waals surface area contributed by atoms with Crippen LogP contribution in [-0.4, -0.2) is 33.8 Å². The van der Waals surface area contributed by atoms with Crippen molar-refractivity contribution >= 4 is 17.8 Å². The number of nitrogens with zero attached hydrogens (tertiary/aromatic N) is 2. The molecule has 2 aromatic rings. The molecule has 0 bridgehead atoms. The number of aromatic nitrogens is 2. The van der Waals surface area contributed by atoms with Crippen molar-refractivity contribution in [1.82, 2.24) is 25.7 Å². The molecule has 4 N–H and O–H groups in total. The maximum absolute atomic E-state index is 12.5. The molecule has 3 unspecified atom stereocenters. The molecule has 0 radical (unpaired) electrons. The van der Waals surface area contributed by atoms with E-state index in [1.165, 1.54) is 0 Å². The van der Waals surface area contributed by atoms with Crippen LogP contribution in [0, 0.1) is 5.92 Å². The van der Waals surface area contributed by atoms with Crippen molar-refractivity contribution in [3.8, 4) is 11.3 Å². The molecule has 3 fully saturated rings. The molecule has 2 aliphatic carbocycles. The highest BCUT2D eigenvalue weighted by Crippen LogP contribution is 2.32. The zero-order valence-corrected chi connectivity index (χ0v) is 15.5. The van der Waals surface area contributed by atoms with E-state index in [0.29, 0.717) is 5.82 Å². The first-order valence-electron chi connectivity index (χ1n) is 9.96. The van der Waals surface area contributed by atoms with Gasteiger partial charge in [-0.1, -0.05) is 36.8 Å². The van der Waals surface area contributed by atoms with E-state index in [4.69, 9.17) is 5.10 Å². The number of benzene rings is 1. The zero-order chi connectivity index (χ0) is 19.1. The van der Waals surface area contributed by atoms with E-state index >= 15 is 0 Å². The number of hydrogen-bond donors (Lipinski definition) is 4. The smallest absolute Gasteiger partial charge is 0.320 e. The van der Waals surface area contributed by atoms with E-state index in [1.807, 2.05) is 36.4 Å². The molecule has 8 heteroatoms. The minimum absolute atomic E-state index is 0.0231. The summed E-state index contributed by atoms with van der Waals surface area (Å²) in [7, 11) is 0. The Bertz CT molecular complexity index is 891. The van der Waals surface area contributed by atoms with Gasteiger partial charge in [-0.3, -0.25) is 15.4 Å². The van der Waals surface area contributed by atoms with Crippen LogP contribution in [0.25, 0.3) is 11.3 Å². The minimum Gasteiger partial charge on any atom is -0.335 e. The highest BCUT2D eigenvalue weighted by Gasteiger charge is 2.40. The Morgan fingerprint density at radius 1 is 1.14 bits per heavy atom. The number of nitrogens with one attached hydrogen (secondary N) is 4. The van der Waals surface area contributed by atoms with Crippen molar-refractivity contribution < 1.29 is 9.59 Å². The van der Waals surface area contributed by atoms with Crippen LogP contribution in [-0.2, 0) is 4.79 Å². The highest BCUT2D eigenvalue weighted by molar-refractivity contribution is 5.89. The molecule has 3 aliphatic rings. The van der Waals surface area contributed by atoms with Crippen LogP contribution in [0.3, 0.4) is 0 Å². The summed E-state index contributed by atoms with van der Waals surface area (Å²) in [6, 6.07) is 11.8. The van der Waals surface area contributed by atoms with E-state index in [2.05, 4.69) is 21.3 Å². The molecule has 0 spiro atoms. The van der Waals surface area contributed by atoms with Crippen LogP contribution in [0.1, 0.15) is 38.4 Å². The van der Waals surface area contributed by atoms with E-state index in [1.54, 1.807) is 4.68 Å². The lowest BCUT2D eigenvalue weighted by Crippen LogP contribution is -2.57. The summed E-state index contributed by atoms with van der Waals surface area (Å²) < 4.78 is 1.67. The zero-order valence-electron chi connectivity index (χ0n) is 15.5. The van der Waals surface area contributed by atoms with Crippen LogP contribution < -0.4 is 21.3 Å². The molecule has 28 heavy (non-hydrogen) atoms. The van der Waals surface area contributed by atoms with Gasteiger partial charge in [-0.25, -0.2) is 9.48 Å². The molecular formula is C20H24N6O2. The van der Waals surface area contributed by atoms with Crippen molar-refractivity contribution in [3.05, 3.63) is 36.4 Å². The quantitative estimate of drug-likeness (QED) is 0.653. The Labute approximate surface area is 163 Å². The molecule has 1 aromatic carbocycles. The minimum atomic E-state index is -0.486. The summed E-state index contributed by atoms with van der Waals surface area (Å²) in [5.41, 5.74) is 1.69. The average Bonchev–Trinajstić information content (AvgIpc) is 3.20.